The maximum atomic E-state index is 12.5. The van der Waals surface area contributed by atoms with Gasteiger partial charge in [0.1, 0.15) is 17.7 Å². The largest absolute Gasteiger partial charge is 0.433 e. The number of nitrogen functional groups attached to an aromatic ring is 1. The summed E-state index contributed by atoms with van der Waals surface area (Å²) in [6, 6.07) is 2.45. The van der Waals surface area contributed by atoms with Crippen LogP contribution < -0.4 is 11.1 Å². The summed E-state index contributed by atoms with van der Waals surface area (Å²) >= 11 is 0. The van der Waals surface area contributed by atoms with Crippen LogP contribution in [0.3, 0.4) is 0 Å². The van der Waals surface area contributed by atoms with Crippen LogP contribution in [-0.4, -0.2) is 10.1 Å². The van der Waals surface area contributed by atoms with Crippen LogP contribution in [0.25, 0.3) is 0 Å². The van der Waals surface area contributed by atoms with Gasteiger partial charge in [0, 0.05) is 6.07 Å². The highest BCUT2D eigenvalue weighted by atomic mass is 19.4. The molecule has 0 unspecified atom stereocenters. The summed E-state index contributed by atoms with van der Waals surface area (Å²) in [5.41, 5.74) is 5.37. The van der Waals surface area contributed by atoms with E-state index < -0.39 is 11.9 Å². The molecule has 5 nitrogen and oxygen atoms in total. The fourth-order valence-electron chi connectivity index (χ4n) is 1.29. The minimum Gasteiger partial charge on any atom is -0.396 e. The van der Waals surface area contributed by atoms with Gasteiger partial charge in [0.2, 0.25) is 0 Å². The van der Waals surface area contributed by atoms with Gasteiger partial charge in [-0.1, -0.05) is 5.16 Å². The fourth-order valence-corrected chi connectivity index (χ4v) is 1.29. The number of hydrogen-bond donors (Lipinski definition) is 2. The number of alkyl halides is 3. The molecule has 0 bridgehead atoms. The Hall–Kier alpha value is -2.25. The zero-order chi connectivity index (χ0) is 13.2. The Balaban J connectivity index is 2.16. The Kier molecular flexibility index (Phi) is 3.09. The smallest absolute Gasteiger partial charge is 0.396 e. The highest BCUT2D eigenvalue weighted by molar-refractivity contribution is 5.65. The van der Waals surface area contributed by atoms with Crippen molar-refractivity contribution >= 4 is 11.4 Å². The van der Waals surface area contributed by atoms with Crippen molar-refractivity contribution in [2.24, 2.45) is 0 Å². The molecular weight excluding hydrogens is 249 g/mol. The molecule has 0 amide bonds. The van der Waals surface area contributed by atoms with Crippen molar-refractivity contribution in [3.63, 3.8) is 0 Å². The summed E-state index contributed by atoms with van der Waals surface area (Å²) in [7, 11) is 0. The van der Waals surface area contributed by atoms with Crippen molar-refractivity contribution in [1.82, 2.24) is 10.1 Å². The highest BCUT2D eigenvalue weighted by Gasteiger charge is 2.32. The van der Waals surface area contributed by atoms with Gasteiger partial charge in [0.25, 0.3) is 0 Å². The third-order valence-corrected chi connectivity index (χ3v) is 2.18. The Bertz CT molecular complexity index is 524. The predicted molar refractivity (Wildman–Crippen MR) is 57.5 cm³/mol. The third-order valence-electron chi connectivity index (χ3n) is 2.18. The van der Waals surface area contributed by atoms with Crippen molar-refractivity contribution in [3.8, 4) is 0 Å². The first-order valence-corrected chi connectivity index (χ1v) is 4.92. The zero-order valence-electron chi connectivity index (χ0n) is 9.03. The average molecular weight is 258 g/mol. The van der Waals surface area contributed by atoms with E-state index in [9.17, 15) is 13.2 Å². The lowest BCUT2D eigenvalue weighted by Gasteiger charge is -2.11. The molecule has 0 saturated heterocycles. The number of nitrogens with two attached hydrogens (primary N) is 1. The van der Waals surface area contributed by atoms with E-state index in [1.165, 1.54) is 6.26 Å². The van der Waals surface area contributed by atoms with E-state index in [0.717, 1.165) is 12.3 Å². The van der Waals surface area contributed by atoms with Gasteiger partial charge in [-0.2, -0.15) is 13.2 Å². The fraction of sp³-hybridized carbons (Fsp3) is 0.200. The lowest BCUT2D eigenvalue weighted by molar-refractivity contribution is -0.141. The molecule has 8 heteroatoms. The van der Waals surface area contributed by atoms with Crippen molar-refractivity contribution in [2.45, 2.75) is 12.7 Å². The molecule has 0 spiro atoms. The number of nitrogens with zero attached hydrogens (tertiary/aromatic N) is 2. The molecule has 0 fully saturated rings. The van der Waals surface area contributed by atoms with Crippen molar-refractivity contribution in [2.75, 3.05) is 11.1 Å². The van der Waals surface area contributed by atoms with E-state index in [4.69, 9.17) is 5.73 Å². The Morgan fingerprint density at radius 3 is 2.78 bits per heavy atom. The molecule has 96 valence electrons. The van der Waals surface area contributed by atoms with Crippen LogP contribution in [0.4, 0.5) is 24.5 Å². The number of aromatic nitrogens is 2. The van der Waals surface area contributed by atoms with Crippen LogP contribution in [0.15, 0.2) is 29.1 Å². The molecule has 2 rings (SSSR count). The third kappa shape index (κ3) is 2.70. The average Bonchev–Trinajstić information content (AvgIpc) is 2.79. The van der Waals surface area contributed by atoms with E-state index >= 15 is 0 Å². The molecule has 0 aliphatic carbocycles. The number of pyridine rings is 1. The molecular formula is C10H9F3N4O. The van der Waals surface area contributed by atoms with Crippen molar-refractivity contribution in [3.05, 3.63) is 36.0 Å². The summed E-state index contributed by atoms with van der Waals surface area (Å²) in [4.78, 5) is 3.23. The van der Waals surface area contributed by atoms with E-state index in [0.29, 0.717) is 5.69 Å². The first-order valence-electron chi connectivity index (χ1n) is 4.92. The number of halogens is 3. The van der Waals surface area contributed by atoms with Crippen LogP contribution in [0.2, 0.25) is 0 Å². The van der Waals surface area contributed by atoms with Gasteiger partial charge < -0.3 is 15.6 Å². The number of rotatable bonds is 3. The van der Waals surface area contributed by atoms with E-state index in [1.54, 1.807) is 6.07 Å². The second-order valence-corrected chi connectivity index (χ2v) is 3.50. The molecule has 2 aromatic heterocycles. The van der Waals surface area contributed by atoms with Crippen molar-refractivity contribution < 1.29 is 17.7 Å². The van der Waals surface area contributed by atoms with Gasteiger partial charge in [-0.3, -0.25) is 0 Å². The molecule has 0 saturated carbocycles. The first-order chi connectivity index (χ1) is 8.47. The number of anilines is 2. The summed E-state index contributed by atoms with van der Waals surface area (Å²) in [6.45, 7) is 0.210. The molecule has 0 atom stereocenters. The molecule has 3 N–H and O–H groups in total. The summed E-state index contributed by atoms with van der Waals surface area (Å²) in [5, 5.41) is 6.36. The maximum Gasteiger partial charge on any atom is 0.433 e. The Morgan fingerprint density at radius 2 is 2.17 bits per heavy atom. The molecule has 0 aliphatic heterocycles. The summed E-state index contributed by atoms with van der Waals surface area (Å²) < 4.78 is 42.0. The Morgan fingerprint density at radius 1 is 1.39 bits per heavy atom. The van der Waals surface area contributed by atoms with Gasteiger partial charge in [0.15, 0.2) is 0 Å². The van der Waals surface area contributed by atoms with Crippen molar-refractivity contribution in [1.29, 1.82) is 0 Å². The SMILES string of the molecule is Nc1cnc(C(F)(F)F)cc1NCc1ccon1. The van der Waals surface area contributed by atoms with Crippen LogP contribution in [-0.2, 0) is 12.7 Å². The molecule has 2 aromatic rings. The normalized spacial score (nSPS) is 11.5. The number of hydrogen-bond acceptors (Lipinski definition) is 5. The molecule has 18 heavy (non-hydrogen) atoms. The van der Waals surface area contributed by atoms with Crippen LogP contribution in [0, 0.1) is 0 Å². The Labute approximate surface area is 99.8 Å². The minimum atomic E-state index is -4.50. The van der Waals surface area contributed by atoms with Crippen LogP contribution in [0.1, 0.15) is 11.4 Å². The van der Waals surface area contributed by atoms with Gasteiger partial charge in [-0.25, -0.2) is 4.98 Å². The van der Waals surface area contributed by atoms with Gasteiger partial charge >= 0.3 is 6.18 Å². The number of nitrogens with one attached hydrogen (secondary N) is 1. The topological polar surface area (TPSA) is 77.0 Å². The first kappa shape index (κ1) is 12.2. The lowest BCUT2D eigenvalue weighted by Crippen LogP contribution is -2.10. The molecule has 0 aromatic carbocycles. The van der Waals surface area contributed by atoms with E-state index in [1.807, 2.05) is 0 Å². The standard InChI is InChI=1S/C10H9F3N4O/c11-10(12,13)9-3-8(7(14)5-16-9)15-4-6-1-2-18-17-6/h1-3,5H,4,14H2,(H,15,16). The second kappa shape index (κ2) is 4.55. The predicted octanol–water partition coefficient (Wildman–Crippen LogP) is 2.28. The van der Waals surface area contributed by atoms with E-state index in [-0.39, 0.29) is 17.9 Å². The molecule has 0 aliphatic rings. The van der Waals surface area contributed by atoms with Gasteiger partial charge in [-0.15, -0.1) is 0 Å². The maximum absolute atomic E-state index is 12.5. The van der Waals surface area contributed by atoms with Gasteiger partial charge in [-0.05, 0) is 6.07 Å². The summed E-state index contributed by atoms with van der Waals surface area (Å²) in [5.74, 6) is 0. The highest BCUT2D eigenvalue weighted by Crippen LogP contribution is 2.31. The van der Waals surface area contributed by atoms with E-state index in [2.05, 4.69) is 20.0 Å². The summed E-state index contributed by atoms with van der Waals surface area (Å²) in [6.07, 6.45) is -2.17. The lowest BCUT2D eigenvalue weighted by atomic mass is 10.2. The van der Waals surface area contributed by atoms with Gasteiger partial charge in [0.05, 0.1) is 24.1 Å². The van der Waals surface area contributed by atoms with Crippen LogP contribution in [0.5, 0.6) is 0 Å². The van der Waals surface area contributed by atoms with Crippen LogP contribution >= 0.6 is 0 Å². The molecule has 0 radical (unpaired) electrons. The molecule has 2 heterocycles. The zero-order valence-corrected chi connectivity index (χ0v) is 9.03. The quantitative estimate of drug-likeness (QED) is 0.883. The second-order valence-electron chi connectivity index (χ2n) is 3.50. The monoisotopic (exact) mass is 258 g/mol. The minimum absolute atomic E-state index is 0.131.